The number of hydrogen-bond donors (Lipinski definition) is 1. The van der Waals surface area contributed by atoms with Gasteiger partial charge in [-0.2, -0.15) is 0 Å². The third-order valence-corrected chi connectivity index (χ3v) is 5.75. The Morgan fingerprint density at radius 1 is 0.909 bits per heavy atom. The summed E-state index contributed by atoms with van der Waals surface area (Å²) in [5, 5.41) is 8.70. The number of rotatable bonds is 13. The number of sulfonamides is 1. The summed E-state index contributed by atoms with van der Waals surface area (Å²) in [5.41, 5.74) is 0. The SMILES string of the molecule is CCCCCCCCCCCCS(=O)(=O)Nc1nnc(C)s1. The van der Waals surface area contributed by atoms with E-state index in [2.05, 4.69) is 21.8 Å². The minimum atomic E-state index is -3.27. The van der Waals surface area contributed by atoms with Gasteiger partial charge in [-0.05, 0) is 13.3 Å². The zero-order valence-electron chi connectivity index (χ0n) is 13.8. The van der Waals surface area contributed by atoms with Crippen LogP contribution in [-0.2, 0) is 10.0 Å². The maximum Gasteiger partial charge on any atom is 0.234 e. The molecule has 0 atom stereocenters. The van der Waals surface area contributed by atoms with Crippen molar-refractivity contribution in [3.8, 4) is 0 Å². The minimum Gasteiger partial charge on any atom is -0.257 e. The zero-order valence-corrected chi connectivity index (χ0v) is 15.4. The summed E-state index contributed by atoms with van der Waals surface area (Å²) in [6.07, 6.45) is 12.0. The topological polar surface area (TPSA) is 72.0 Å². The smallest absolute Gasteiger partial charge is 0.234 e. The van der Waals surface area contributed by atoms with Crippen LogP contribution in [0.15, 0.2) is 0 Å². The first-order valence-electron chi connectivity index (χ1n) is 8.34. The molecule has 0 aromatic carbocycles. The molecule has 1 rings (SSSR count). The highest BCUT2D eigenvalue weighted by atomic mass is 32.2. The van der Waals surface area contributed by atoms with E-state index < -0.39 is 10.0 Å². The van der Waals surface area contributed by atoms with Crippen molar-refractivity contribution >= 4 is 26.5 Å². The maximum atomic E-state index is 11.9. The molecule has 0 amide bonds. The van der Waals surface area contributed by atoms with Gasteiger partial charge in [0.05, 0.1) is 5.75 Å². The lowest BCUT2D eigenvalue weighted by Crippen LogP contribution is -2.16. The minimum absolute atomic E-state index is 0.169. The molecule has 0 fully saturated rings. The molecule has 1 heterocycles. The number of hydrogen-bond acceptors (Lipinski definition) is 5. The van der Waals surface area contributed by atoms with Gasteiger partial charge in [-0.3, -0.25) is 4.72 Å². The predicted octanol–water partition coefficient (Wildman–Crippen LogP) is 4.51. The summed E-state index contributed by atoms with van der Waals surface area (Å²) < 4.78 is 26.2. The van der Waals surface area contributed by atoms with Crippen molar-refractivity contribution in [2.24, 2.45) is 0 Å². The van der Waals surface area contributed by atoms with E-state index >= 15 is 0 Å². The molecule has 0 aliphatic carbocycles. The summed E-state index contributed by atoms with van der Waals surface area (Å²) in [4.78, 5) is 0. The number of unbranched alkanes of at least 4 members (excludes halogenated alkanes) is 9. The summed E-state index contributed by atoms with van der Waals surface area (Å²) in [5.74, 6) is 0.169. The van der Waals surface area contributed by atoms with Crippen LogP contribution in [0.4, 0.5) is 5.13 Å². The lowest BCUT2D eigenvalue weighted by Gasteiger charge is -2.05. The number of anilines is 1. The molecular formula is C15H29N3O2S2. The molecule has 1 aromatic heterocycles. The van der Waals surface area contributed by atoms with Crippen LogP contribution in [-0.4, -0.2) is 24.4 Å². The molecule has 5 nitrogen and oxygen atoms in total. The Balaban J connectivity index is 2.01. The van der Waals surface area contributed by atoms with E-state index in [4.69, 9.17) is 0 Å². The highest BCUT2D eigenvalue weighted by molar-refractivity contribution is 7.92. The Kier molecular flexibility index (Phi) is 9.63. The monoisotopic (exact) mass is 347 g/mol. The van der Waals surface area contributed by atoms with Gasteiger partial charge in [-0.1, -0.05) is 76.0 Å². The zero-order chi connectivity index (χ0) is 16.3. The highest BCUT2D eigenvalue weighted by Gasteiger charge is 2.12. The van der Waals surface area contributed by atoms with Gasteiger partial charge in [-0.25, -0.2) is 8.42 Å². The molecule has 1 N–H and O–H groups in total. The molecule has 0 aliphatic heterocycles. The van der Waals surface area contributed by atoms with Crippen LogP contribution < -0.4 is 4.72 Å². The van der Waals surface area contributed by atoms with Crippen LogP contribution in [0.2, 0.25) is 0 Å². The van der Waals surface area contributed by atoms with Crippen LogP contribution in [0.5, 0.6) is 0 Å². The average molecular weight is 348 g/mol. The molecule has 0 unspecified atom stereocenters. The van der Waals surface area contributed by atoms with E-state index in [1.807, 2.05) is 0 Å². The average Bonchev–Trinajstić information content (AvgIpc) is 2.85. The molecule has 7 heteroatoms. The maximum absolute atomic E-state index is 11.9. The molecule has 128 valence electrons. The van der Waals surface area contributed by atoms with Crippen molar-refractivity contribution in [3.63, 3.8) is 0 Å². The van der Waals surface area contributed by atoms with Gasteiger partial charge in [-0.15, -0.1) is 10.2 Å². The van der Waals surface area contributed by atoms with Gasteiger partial charge in [0.2, 0.25) is 15.2 Å². The van der Waals surface area contributed by atoms with Gasteiger partial charge < -0.3 is 0 Å². The van der Waals surface area contributed by atoms with Crippen LogP contribution in [0.25, 0.3) is 0 Å². The predicted molar refractivity (Wildman–Crippen MR) is 93.9 cm³/mol. The Morgan fingerprint density at radius 3 is 1.95 bits per heavy atom. The van der Waals surface area contributed by atoms with Crippen molar-refractivity contribution < 1.29 is 8.42 Å². The first kappa shape index (κ1) is 19.4. The Morgan fingerprint density at radius 2 is 1.45 bits per heavy atom. The van der Waals surface area contributed by atoms with E-state index in [9.17, 15) is 8.42 Å². The van der Waals surface area contributed by atoms with Crippen molar-refractivity contribution in [3.05, 3.63) is 5.01 Å². The van der Waals surface area contributed by atoms with Crippen molar-refractivity contribution in [2.75, 3.05) is 10.5 Å². The van der Waals surface area contributed by atoms with Crippen LogP contribution >= 0.6 is 11.3 Å². The summed E-state index contributed by atoms with van der Waals surface area (Å²) >= 11 is 1.26. The lowest BCUT2D eigenvalue weighted by molar-refractivity contribution is 0.558. The molecule has 22 heavy (non-hydrogen) atoms. The first-order valence-corrected chi connectivity index (χ1v) is 10.8. The lowest BCUT2D eigenvalue weighted by atomic mass is 10.1. The molecule has 0 saturated heterocycles. The molecule has 1 aromatic rings. The van der Waals surface area contributed by atoms with Crippen LogP contribution in [0.3, 0.4) is 0 Å². The summed E-state index contributed by atoms with van der Waals surface area (Å²) in [7, 11) is -3.27. The van der Waals surface area contributed by atoms with Gasteiger partial charge in [0.25, 0.3) is 0 Å². The summed E-state index contributed by atoms with van der Waals surface area (Å²) in [6, 6.07) is 0. The van der Waals surface area contributed by atoms with Gasteiger partial charge in [0, 0.05) is 0 Å². The van der Waals surface area contributed by atoms with Gasteiger partial charge in [0.15, 0.2) is 0 Å². The highest BCUT2D eigenvalue weighted by Crippen LogP contribution is 2.16. The van der Waals surface area contributed by atoms with Gasteiger partial charge in [0.1, 0.15) is 5.01 Å². The molecule has 0 bridgehead atoms. The molecule has 0 spiro atoms. The quantitative estimate of drug-likeness (QED) is 0.533. The second-order valence-corrected chi connectivity index (χ2v) is 8.75. The number of aromatic nitrogens is 2. The fourth-order valence-corrected chi connectivity index (χ4v) is 4.29. The third kappa shape index (κ3) is 9.35. The Labute approximate surface area is 139 Å². The Hall–Kier alpha value is -0.690. The van der Waals surface area contributed by atoms with Crippen LogP contribution in [0, 0.1) is 6.92 Å². The van der Waals surface area contributed by atoms with Gasteiger partial charge >= 0.3 is 0 Å². The molecule has 0 saturated carbocycles. The third-order valence-electron chi connectivity index (χ3n) is 3.54. The van der Waals surface area contributed by atoms with E-state index in [0.29, 0.717) is 11.6 Å². The number of nitrogens with zero attached hydrogens (tertiary/aromatic N) is 2. The largest absolute Gasteiger partial charge is 0.257 e. The Bertz CT molecular complexity index is 501. The van der Waals surface area contributed by atoms with Crippen molar-refractivity contribution in [1.29, 1.82) is 0 Å². The second-order valence-electron chi connectivity index (χ2n) is 5.73. The second kappa shape index (κ2) is 10.9. The van der Waals surface area contributed by atoms with E-state index in [1.165, 1.54) is 56.3 Å². The van der Waals surface area contributed by atoms with Crippen molar-refractivity contribution in [1.82, 2.24) is 10.2 Å². The standard InChI is InChI=1S/C15H29N3O2S2/c1-3-4-5-6-7-8-9-10-11-12-13-22(19,20)18-15-17-16-14(2)21-15/h3-13H2,1-2H3,(H,17,18). The normalized spacial score (nSPS) is 11.7. The molecule has 0 aliphatic rings. The van der Waals surface area contributed by atoms with E-state index in [0.717, 1.165) is 17.8 Å². The van der Waals surface area contributed by atoms with E-state index in [-0.39, 0.29) is 5.75 Å². The van der Waals surface area contributed by atoms with Crippen molar-refractivity contribution in [2.45, 2.75) is 78.1 Å². The van der Waals surface area contributed by atoms with E-state index in [1.54, 1.807) is 6.92 Å². The number of nitrogens with one attached hydrogen (secondary N) is 1. The number of aryl methyl sites for hydroxylation is 1. The summed E-state index contributed by atoms with van der Waals surface area (Å²) in [6.45, 7) is 4.03. The fourth-order valence-electron chi connectivity index (χ4n) is 2.30. The molecular weight excluding hydrogens is 318 g/mol. The first-order chi connectivity index (χ1) is 10.5. The fraction of sp³-hybridized carbons (Fsp3) is 0.867. The molecule has 0 radical (unpaired) electrons. The van der Waals surface area contributed by atoms with Crippen LogP contribution in [0.1, 0.15) is 76.1 Å².